The summed E-state index contributed by atoms with van der Waals surface area (Å²) in [6, 6.07) is 0. The Balaban J connectivity index is 4.12. The van der Waals surface area contributed by atoms with E-state index in [1.807, 2.05) is 0 Å². The maximum absolute atomic E-state index is 10.7. The lowest BCUT2D eigenvalue weighted by molar-refractivity contribution is -0.146. The van der Waals surface area contributed by atoms with Crippen LogP contribution in [0.5, 0.6) is 0 Å². The van der Waals surface area contributed by atoms with E-state index in [9.17, 15) is 9.59 Å². The highest BCUT2D eigenvalue weighted by atomic mass is 16.5. The van der Waals surface area contributed by atoms with Crippen LogP contribution in [0.2, 0.25) is 0 Å². The number of hydrogen-bond acceptors (Lipinski definition) is 3. The Labute approximate surface area is 65.7 Å². The van der Waals surface area contributed by atoms with Gasteiger partial charge in [-0.05, 0) is 0 Å². The molecule has 2 N–H and O–H groups in total. The lowest BCUT2D eigenvalue weighted by atomic mass is 9.89. The molecule has 0 aliphatic heterocycles. The van der Waals surface area contributed by atoms with Crippen LogP contribution in [-0.4, -0.2) is 19.0 Å². The number of carbonyl (C=O) groups is 2. The smallest absolute Gasteiger partial charge is 0.306 e. The second-order valence-electron chi connectivity index (χ2n) is 3.00. The van der Waals surface area contributed by atoms with Gasteiger partial charge in [-0.2, -0.15) is 0 Å². The molecule has 4 nitrogen and oxygen atoms in total. The number of rotatable bonds is 3. The van der Waals surface area contributed by atoms with E-state index >= 15 is 0 Å². The van der Waals surface area contributed by atoms with Crippen molar-refractivity contribution in [3.05, 3.63) is 0 Å². The molecule has 0 spiro atoms. The first-order valence-corrected chi connectivity index (χ1v) is 3.27. The van der Waals surface area contributed by atoms with E-state index < -0.39 is 17.3 Å². The Morgan fingerprint density at radius 2 is 1.91 bits per heavy atom. The Morgan fingerprint density at radius 1 is 1.45 bits per heavy atom. The van der Waals surface area contributed by atoms with Crippen molar-refractivity contribution in [3.63, 3.8) is 0 Å². The first-order chi connectivity index (χ1) is 4.90. The van der Waals surface area contributed by atoms with Gasteiger partial charge < -0.3 is 10.5 Å². The number of methoxy groups -OCH3 is 1. The van der Waals surface area contributed by atoms with E-state index in [4.69, 9.17) is 5.73 Å². The van der Waals surface area contributed by atoms with Crippen molar-refractivity contribution in [1.82, 2.24) is 0 Å². The highest BCUT2D eigenvalue weighted by molar-refractivity contribution is 5.85. The minimum atomic E-state index is -0.812. The van der Waals surface area contributed by atoms with E-state index in [0.29, 0.717) is 0 Å². The van der Waals surface area contributed by atoms with Crippen LogP contribution >= 0.6 is 0 Å². The molecule has 1 amide bonds. The maximum atomic E-state index is 10.7. The predicted molar refractivity (Wildman–Crippen MR) is 39.6 cm³/mol. The quantitative estimate of drug-likeness (QED) is 0.592. The Hall–Kier alpha value is -1.06. The Morgan fingerprint density at radius 3 is 2.18 bits per heavy atom. The molecular formula is C7H13NO3. The third-order valence-corrected chi connectivity index (χ3v) is 1.48. The lowest BCUT2D eigenvalue weighted by Gasteiger charge is -2.17. The second kappa shape index (κ2) is 3.37. The molecule has 4 heteroatoms. The van der Waals surface area contributed by atoms with Crippen molar-refractivity contribution in [2.75, 3.05) is 7.11 Å². The third kappa shape index (κ3) is 3.02. The molecule has 11 heavy (non-hydrogen) atoms. The van der Waals surface area contributed by atoms with Gasteiger partial charge in [-0.25, -0.2) is 0 Å². The molecule has 0 fully saturated rings. The molecular weight excluding hydrogens is 146 g/mol. The molecule has 0 aromatic heterocycles. The van der Waals surface area contributed by atoms with Crippen LogP contribution in [0.4, 0.5) is 0 Å². The molecule has 0 rings (SSSR count). The maximum Gasteiger partial charge on any atom is 0.306 e. The van der Waals surface area contributed by atoms with Gasteiger partial charge in [0.25, 0.3) is 0 Å². The first-order valence-electron chi connectivity index (χ1n) is 3.27. The van der Waals surface area contributed by atoms with Gasteiger partial charge in [0.15, 0.2) is 0 Å². The van der Waals surface area contributed by atoms with Crippen LogP contribution in [-0.2, 0) is 14.3 Å². The fraction of sp³-hybridized carbons (Fsp3) is 0.714. The summed E-state index contributed by atoms with van der Waals surface area (Å²) in [7, 11) is 1.28. The van der Waals surface area contributed by atoms with Gasteiger partial charge in [0, 0.05) is 0 Å². The second-order valence-corrected chi connectivity index (χ2v) is 3.00. The molecule has 0 aliphatic rings. The minimum Gasteiger partial charge on any atom is -0.469 e. The zero-order valence-electron chi connectivity index (χ0n) is 7.01. The number of hydrogen-bond donors (Lipinski definition) is 1. The predicted octanol–water partition coefficient (Wildman–Crippen LogP) is 0.0610. The van der Waals surface area contributed by atoms with Crippen molar-refractivity contribution in [2.24, 2.45) is 11.1 Å². The summed E-state index contributed by atoms with van der Waals surface area (Å²) in [5.41, 5.74) is 4.21. The molecule has 0 bridgehead atoms. The van der Waals surface area contributed by atoms with Gasteiger partial charge in [-0.3, -0.25) is 9.59 Å². The molecule has 0 radical (unpaired) electrons. The molecule has 0 atom stereocenters. The Bertz CT molecular complexity index is 175. The summed E-state index contributed by atoms with van der Waals surface area (Å²) in [5, 5.41) is 0. The fourth-order valence-corrected chi connectivity index (χ4v) is 0.520. The largest absolute Gasteiger partial charge is 0.469 e. The summed E-state index contributed by atoms with van der Waals surface area (Å²) >= 11 is 0. The van der Waals surface area contributed by atoms with Gasteiger partial charge in [0.2, 0.25) is 5.91 Å². The van der Waals surface area contributed by atoms with Gasteiger partial charge in [0.05, 0.1) is 18.9 Å². The van der Waals surface area contributed by atoms with Gasteiger partial charge in [0.1, 0.15) is 0 Å². The summed E-state index contributed by atoms with van der Waals surface area (Å²) in [4.78, 5) is 21.4. The van der Waals surface area contributed by atoms with Crippen molar-refractivity contribution in [1.29, 1.82) is 0 Å². The molecule has 0 heterocycles. The van der Waals surface area contributed by atoms with E-state index in [1.54, 1.807) is 13.8 Å². The van der Waals surface area contributed by atoms with Crippen molar-refractivity contribution >= 4 is 11.9 Å². The standard InChI is InChI=1S/C7H13NO3/c1-7(2,6(8)10)4-5(9)11-3/h4H2,1-3H3,(H2,8,10). The molecule has 0 saturated heterocycles. The monoisotopic (exact) mass is 159 g/mol. The van der Waals surface area contributed by atoms with E-state index in [0.717, 1.165) is 0 Å². The van der Waals surface area contributed by atoms with Crippen LogP contribution in [0.25, 0.3) is 0 Å². The zero-order chi connectivity index (χ0) is 9.07. The first kappa shape index (κ1) is 9.94. The minimum absolute atomic E-state index is 0.0266. The lowest BCUT2D eigenvalue weighted by Crippen LogP contribution is -2.33. The fourth-order valence-electron chi connectivity index (χ4n) is 0.520. The third-order valence-electron chi connectivity index (χ3n) is 1.48. The van der Waals surface area contributed by atoms with Crippen LogP contribution in [0.1, 0.15) is 20.3 Å². The van der Waals surface area contributed by atoms with Crippen LogP contribution < -0.4 is 5.73 Å². The molecule has 0 unspecified atom stereocenters. The van der Waals surface area contributed by atoms with Gasteiger partial charge in [-0.1, -0.05) is 13.8 Å². The number of amides is 1. The number of nitrogens with two attached hydrogens (primary N) is 1. The number of esters is 1. The van der Waals surface area contributed by atoms with Crippen molar-refractivity contribution in [3.8, 4) is 0 Å². The Kier molecular flexibility index (Phi) is 3.04. The zero-order valence-corrected chi connectivity index (χ0v) is 7.01. The van der Waals surface area contributed by atoms with E-state index in [-0.39, 0.29) is 6.42 Å². The van der Waals surface area contributed by atoms with Crippen LogP contribution in [0.15, 0.2) is 0 Å². The molecule has 0 aliphatic carbocycles. The van der Waals surface area contributed by atoms with Crippen molar-refractivity contribution in [2.45, 2.75) is 20.3 Å². The molecule has 64 valence electrons. The van der Waals surface area contributed by atoms with Crippen molar-refractivity contribution < 1.29 is 14.3 Å². The SMILES string of the molecule is COC(=O)CC(C)(C)C(N)=O. The average molecular weight is 159 g/mol. The van der Waals surface area contributed by atoms with Crippen LogP contribution in [0, 0.1) is 5.41 Å². The average Bonchev–Trinajstić information content (AvgIpc) is 1.86. The molecule has 0 aromatic carbocycles. The molecule has 0 saturated carbocycles. The normalized spacial score (nSPS) is 10.8. The van der Waals surface area contributed by atoms with Crippen LogP contribution in [0.3, 0.4) is 0 Å². The highest BCUT2D eigenvalue weighted by Gasteiger charge is 2.28. The van der Waals surface area contributed by atoms with E-state index in [2.05, 4.69) is 4.74 Å². The number of ether oxygens (including phenoxy) is 1. The summed E-state index contributed by atoms with van der Waals surface area (Å²) in [6.45, 7) is 3.21. The van der Waals surface area contributed by atoms with Gasteiger partial charge >= 0.3 is 5.97 Å². The van der Waals surface area contributed by atoms with Gasteiger partial charge in [-0.15, -0.1) is 0 Å². The molecule has 0 aromatic rings. The summed E-state index contributed by atoms with van der Waals surface area (Å²) in [5.74, 6) is -0.920. The van der Waals surface area contributed by atoms with E-state index in [1.165, 1.54) is 7.11 Å². The topological polar surface area (TPSA) is 69.4 Å². The number of carbonyl (C=O) groups excluding carboxylic acids is 2. The highest BCUT2D eigenvalue weighted by Crippen LogP contribution is 2.19. The summed E-state index contributed by atoms with van der Waals surface area (Å²) < 4.78 is 4.39. The summed E-state index contributed by atoms with van der Waals surface area (Å²) in [6.07, 6.45) is 0.0266. The number of primary amides is 1.